The smallest absolute Gasteiger partial charge is 0.193 e. The largest absolute Gasteiger partial charge is 0.497 e. The molecule has 0 fully saturated rings. The number of nitrogens with zero attached hydrogens (tertiary/aromatic N) is 1. The average molecular weight is 352 g/mol. The monoisotopic (exact) mass is 352 g/mol. The molecule has 0 unspecified atom stereocenters. The van der Waals surface area contributed by atoms with Gasteiger partial charge in [0.15, 0.2) is 5.96 Å². The SMILES string of the molecule is COc1ccc(OC)c(NC(N)=NCCCc2c[nH]c3ccccc23)c1. The van der Waals surface area contributed by atoms with E-state index < -0.39 is 0 Å². The second-order valence-electron chi connectivity index (χ2n) is 5.92. The van der Waals surface area contributed by atoms with Crippen LogP contribution < -0.4 is 20.5 Å². The van der Waals surface area contributed by atoms with Gasteiger partial charge in [0, 0.05) is 29.7 Å². The van der Waals surface area contributed by atoms with Gasteiger partial charge >= 0.3 is 0 Å². The van der Waals surface area contributed by atoms with Crippen LogP contribution in [-0.4, -0.2) is 31.7 Å². The maximum atomic E-state index is 6.01. The summed E-state index contributed by atoms with van der Waals surface area (Å²) < 4.78 is 10.6. The Morgan fingerprint density at radius 3 is 2.81 bits per heavy atom. The van der Waals surface area contributed by atoms with Crippen LogP contribution in [-0.2, 0) is 6.42 Å². The lowest BCUT2D eigenvalue weighted by Crippen LogP contribution is -2.23. The van der Waals surface area contributed by atoms with Gasteiger partial charge in [-0.3, -0.25) is 4.99 Å². The predicted octanol–water partition coefficient (Wildman–Crippen LogP) is 3.54. The van der Waals surface area contributed by atoms with Crippen molar-refractivity contribution in [1.29, 1.82) is 0 Å². The lowest BCUT2D eigenvalue weighted by molar-refractivity contribution is 0.405. The van der Waals surface area contributed by atoms with Crippen molar-refractivity contribution in [2.24, 2.45) is 10.7 Å². The topological polar surface area (TPSA) is 84.7 Å². The molecule has 0 aliphatic carbocycles. The zero-order valence-corrected chi connectivity index (χ0v) is 15.1. The van der Waals surface area contributed by atoms with Crippen molar-refractivity contribution in [3.63, 3.8) is 0 Å². The number of aryl methyl sites for hydroxylation is 1. The molecule has 4 N–H and O–H groups in total. The first-order valence-corrected chi connectivity index (χ1v) is 8.55. The van der Waals surface area contributed by atoms with E-state index in [-0.39, 0.29) is 0 Å². The average Bonchev–Trinajstić information content (AvgIpc) is 3.08. The number of hydrogen-bond donors (Lipinski definition) is 3. The van der Waals surface area contributed by atoms with Crippen LogP contribution >= 0.6 is 0 Å². The van der Waals surface area contributed by atoms with Crippen molar-refractivity contribution in [3.05, 3.63) is 54.2 Å². The molecule has 26 heavy (non-hydrogen) atoms. The number of ether oxygens (including phenoxy) is 2. The van der Waals surface area contributed by atoms with Gasteiger partial charge < -0.3 is 25.5 Å². The van der Waals surface area contributed by atoms with E-state index in [4.69, 9.17) is 15.2 Å². The summed E-state index contributed by atoms with van der Waals surface area (Å²) in [6, 6.07) is 13.8. The highest BCUT2D eigenvalue weighted by atomic mass is 16.5. The minimum atomic E-state index is 0.357. The Labute approximate surface area is 153 Å². The van der Waals surface area contributed by atoms with Gasteiger partial charge in [-0.25, -0.2) is 0 Å². The Hall–Kier alpha value is -3.15. The Bertz CT molecular complexity index is 902. The number of rotatable bonds is 7. The summed E-state index contributed by atoms with van der Waals surface area (Å²) in [7, 11) is 3.23. The van der Waals surface area contributed by atoms with Gasteiger partial charge in [0.1, 0.15) is 11.5 Å². The van der Waals surface area contributed by atoms with Crippen molar-refractivity contribution in [1.82, 2.24) is 4.98 Å². The van der Waals surface area contributed by atoms with Crippen LogP contribution in [0.4, 0.5) is 5.69 Å². The van der Waals surface area contributed by atoms with Gasteiger partial charge in [-0.05, 0) is 36.6 Å². The zero-order valence-electron chi connectivity index (χ0n) is 15.1. The molecule has 6 nitrogen and oxygen atoms in total. The van der Waals surface area contributed by atoms with Crippen molar-refractivity contribution in [3.8, 4) is 11.5 Å². The first kappa shape index (κ1) is 17.7. The summed E-state index contributed by atoms with van der Waals surface area (Å²) in [6.45, 7) is 0.643. The van der Waals surface area contributed by atoms with Gasteiger partial charge in [-0.2, -0.15) is 0 Å². The number of aliphatic imine (C=N–C) groups is 1. The van der Waals surface area contributed by atoms with Gasteiger partial charge in [-0.15, -0.1) is 0 Å². The van der Waals surface area contributed by atoms with Gasteiger partial charge in [0.05, 0.1) is 19.9 Å². The van der Waals surface area contributed by atoms with E-state index in [9.17, 15) is 0 Å². The molecule has 1 aromatic heterocycles. The van der Waals surface area contributed by atoms with E-state index in [2.05, 4.69) is 39.7 Å². The number of aromatic amines is 1. The molecule has 6 heteroatoms. The second-order valence-corrected chi connectivity index (χ2v) is 5.92. The molecule has 2 aromatic carbocycles. The summed E-state index contributed by atoms with van der Waals surface area (Å²) in [4.78, 5) is 7.70. The third-order valence-electron chi connectivity index (χ3n) is 4.23. The highest BCUT2D eigenvalue weighted by Gasteiger charge is 2.06. The number of nitrogens with one attached hydrogen (secondary N) is 2. The third-order valence-corrected chi connectivity index (χ3v) is 4.23. The van der Waals surface area contributed by atoms with Crippen LogP contribution in [0.5, 0.6) is 11.5 Å². The molecular formula is C20H24N4O2. The van der Waals surface area contributed by atoms with Crippen molar-refractivity contribution in [2.75, 3.05) is 26.1 Å². The normalized spacial score (nSPS) is 11.5. The fraction of sp³-hybridized carbons (Fsp3) is 0.250. The van der Waals surface area contributed by atoms with Gasteiger partial charge in [0.25, 0.3) is 0 Å². The molecule has 1 heterocycles. The van der Waals surface area contributed by atoms with Gasteiger partial charge in [-0.1, -0.05) is 18.2 Å². The number of H-pyrrole nitrogens is 1. The fourth-order valence-electron chi connectivity index (χ4n) is 2.90. The second kappa shape index (κ2) is 8.29. The van der Waals surface area contributed by atoms with Crippen molar-refractivity contribution in [2.45, 2.75) is 12.8 Å². The van der Waals surface area contributed by atoms with Crippen molar-refractivity contribution >= 4 is 22.5 Å². The molecular weight excluding hydrogens is 328 g/mol. The molecule has 0 aliphatic rings. The molecule has 136 valence electrons. The highest BCUT2D eigenvalue weighted by molar-refractivity contribution is 5.94. The summed E-state index contributed by atoms with van der Waals surface area (Å²) in [5.41, 5.74) is 9.20. The molecule has 0 aliphatic heterocycles. The lowest BCUT2D eigenvalue weighted by Gasteiger charge is -2.12. The van der Waals surface area contributed by atoms with E-state index in [0.717, 1.165) is 29.8 Å². The van der Waals surface area contributed by atoms with Crippen LogP contribution in [0.15, 0.2) is 53.7 Å². The van der Waals surface area contributed by atoms with Crippen LogP contribution in [0, 0.1) is 0 Å². The Kier molecular flexibility index (Phi) is 5.63. The number of fused-ring (bicyclic) bond motifs is 1. The minimum absolute atomic E-state index is 0.357. The van der Waals surface area contributed by atoms with Crippen LogP contribution in [0.2, 0.25) is 0 Å². The van der Waals surface area contributed by atoms with E-state index in [1.54, 1.807) is 14.2 Å². The Morgan fingerprint density at radius 1 is 1.15 bits per heavy atom. The number of anilines is 1. The predicted molar refractivity (Wildman–Crippen MR) is 106 cm³/mol. The maximum Gasteiger partial charge on any atom is 0.193 e. The minimum Gasteiger partial charge on any atom is -0.497 e. The standard InChI is InChI=1S/C20H24N4O2/c1-25-15-9-10-19(26-2)18(12-15)24-20(21)22-11-5-6-14-13-23-17-8-4-3-7-16(14)17/h3-4,7-10,12-13,23H,5-6,11H2,1-2H3,(H3,21,22,24). The summed E-state index contributed by atoms with van der Waals surface area (Å²) in [6.07, 6.45) is 3.93. The Balaban J connectivity index is 1.57. The van der Waals surface area contributed by atoms with Gasteiger partial charge in [0.2, 0.25) is 0 Å². The zero-order chi connectivity index (χ0) is 18.4. The summed E-state index contributed by atoms with van der Waals surface area (Å²) >= 11 is 0. The number of nitrogens with two attached hydrogens (primary N) is 1. The Morgan fingerprint density at radius 2 is 2.00 bits per heavy atom. The fourth-order valence-corrected chi connectivity index (χ4v) is 2.90. The van der Waals surface area contributed by atoms with E-state index in [1.807, 2.05) is 24.3 Å². The number of benzene rings is 2. The lowest BCUT2D eigenvalue weighted by atomic mass is 10.1. The quantitative estimate of drug-likeness (QED) is 0.345. The van der Waals surface area contributed by atoms with Crippen LogP contribution in [0.25, 0.3) is 10.9 Å². The first-order valence-electron chi connectivity index (χ1n) is 8.55. The highest BCUT2D eigenvalue weighted by Crippen LogP contribution is 2.28. The number of aromatic nitrogens is 1. The third kappa shape index (κ3) is 4.08. The van der Waals surface area contributed by atoms with Crippen LogP contribution in [0.1, 0.15) is 12.0 Å². The number of para-hydroxylation sites is 1. The molecule has 3 rings (SSSR count). The summed E-state index contributed by atoms with van der Waals surface area (Å²) in [5.74, 6) is 1.76. The number of guanidine groups is 1. The molecule has 0 atom stereocenters. The molecule has 0 spiro atoms. The molecule has 0 saturated carbocycles. The molecule has 0 radical (unpaired) electrons. The maximum absolute atomic E-state index is 6.01. The molecule has 0 bridgehead atoms. The van der Waals surface area contributed by atoms with E-state index >= 15 is 0 Å². The molecule has 0 saturated heterocycles. The molecule has 0 amide bonds. The summed E-state index contributed by atoms with van der Waals surface area (Å²) in [5, 5.41) is 4.34. The van der Waals surface area contributed by atoms with Crippen molar-refractivity contribution < 1.29 is 9.47 Å². The van der Waals surface area contributed by atoms with E-state index in [1.165, 1.54) is 10.9 Å². The molecule has 3 aromatic rings. The first-order chi connectivity index (χ1) is 12.7. The number of methoxy groups -OCH3 is 2. The van der Waals surface area contributed by atoms with Crippen LogP contribution in [0.3, 0.4) is 0 Å². The van der Waals surface area contributed by atoms with E-state index in [0.29, 0.717) is 18.3 Å². The number of hydrogen-bond acceptors (Lipinski definition) is 3.